The number of hydrogen-bond acceptors (Lipinski definition) is 2. The summed E-state index contributed by atoms with van der Waals surface area (Å²) in [5, 5.41) is 0. The van der Waals surface area contributed by atoms with Crippen LogP contribution in [0, 0.1) is 12.8 Å². The molecule has 0 spiro atoms. The lowest BCUT2D eigenvalue weighted by Crippen LogP contribution is -2.58. The fourth-order valence-corrected chi connectivity index (χ4v) is 5.26. The summed E-state index contributed by atoms with van der Waals surface area (Å²) >= 11 is 0. The average molecular weight is 395 g/mol. The fourth-order valence-electron chi connectivity index (χ4n) is 5.26. The van der Waals surface area contributed by atoms with Gasteiger partial charge in [0.25, 0.3) is 0 Å². The number of rotatable bonds is 5. The van der Waals surface area contributed by atoms with Crippen molar-refractivity contribution >= 4 is 5.71 Å². The molecule has 3 aliphatic heterocycles. The molecule has 0 aliphatic carbocycles. The predicted octanol–water partition coefficient (Wildman–Crippen LogP) is 5.86. The Morgan fingerprint density at radius 3 is 1.93 bits per heavy atom. The Balaban J connectivity index is 1.55. The van der Waals surface area contributed by atoms with E-state index in [4.69, 9.17) is 4.99 Å². The van der Waals surface area contributed by atoms with Gasteiger partial charge in [-0.1, -0.05) is 90.5 Å². The van der Waals surface area contributed by atoms with Crippen molar-refractivity contribution < 1.29 is 0 Å². The molecule has 1 unspecified atom stereocenters. The van der Waals surface area contributed by atoms with E-state index in [1.54, 1.807) is 0 Å². The van der Waals surface area contributed by atoms with Gasteiger partial charge in [-0.25, -0.2) is 0 Å². The molecule has 2 heteroatoms. The van der Waals surface area contributed by atoms with Crippen LogP contribution >= 0.6 is 0 Å². The van der Waals surface area contributed by atoms with Crippen LogP contribution in [0.3, 0.4) is 0 Å². The van der Waals surface area contributed by atoms with Crippen molar-refractivity contribution in [3.8, 4) is 0 Å². The zero-order chi connectivity index (χ0) is 20.3. The summed E-state index contributed by atoms with van der Waals surface area (Å²) in [6.07, 6.45) is 2.50. The molecule has 0 amide bonds. The first-order valence-corrected chi connectivity index (χ1v) is 11.2. The molecule has 0 radical (unpaired) electrons. The van der Waals surface area contributed by atoms with Crippen LogP contribution in [-0.4, -0.2) is 29.7 Å². The maximum absolute atomic E-state index is 5.29. The summed E-state index contributed by atoms with van der Waals surface area (Å²) in [5.41, 5.74) is 6.82. The SMILES string of the molecule is Cc1ccc(C/N=C2\C3CCN(CC3)C2C(c2ccccc2)c2ccccc2)cc1. The maximum Gasteiger partial charge on any atom is 0.0639 e. The summed E-state index contributed by atoms with van der Waals surface area (Å²) in [6, 6.07) is 31.3. The summed E-state index contributed by atoms with van der Waals surface area (Å²) in [7, 11) is 0. The number of benzene rings is 3. The Morgan fingerprint density at radius 2 is 1.37 bits per heavy atom. The lowest BCUT2D eigenvalue weighted by atomic mass is 9.72. The van der Waals surface area contributed by atoms with E-state index in [-0.39, 0.29) is 0 Å². The second-order valence-corrected chi connectivity index (χ2v) is 8.78. The first-order valence-electron chi connectivity index (χ1n) is 11.2. The highest BCUT2D eigenvalue weighted by molar-refractivity contribution is 5.94. The van der Waals surface area contributed by atoms with Gasteiger partial charge in [-0.2, -0.15) is 0 Å². The monoisotopic (exact) mass is 394 g/mol. The number of fused-ring (bicyclic) bond motifs is 3. The van der Waals surface area contributed by atoms with E-state index in [0.29, 0.717) is 17.9 Å². The molecule has 2 nitrogen and oxygen atoms in total. The van der Waals surface area contributed by atoms with E-state index in [0.717, 1.165) is 6.54 Å². The topological polar surface area (TPSA) is 15.6 Å². The van der Waals surface area contributed by atoms with Gasteiger partial charge in [0.15, 0.2) is 0 Å². The fraction of sp³-hybridized carbons (Fsp3) is 0.321. The smallest absolute Gasteiger partial charge is 0.0639 e. The zero-order valence-electron chi connectivity index (χ0n) is 17.7. The number of hydrogen-bond donors (Lipinski definition) is 0. The van der Waals surface area contributed by atoms with Crippen molar-refractivity contribution in [1.82, 2.24) is 4.90 Å². The van der Waals surface area contributed by atoms with E-state index in [1.807, 2.05) is 0 Å². The van der Waals surface area contributed by atoms with Gasteiger partial charge < -0.3 is 0 Å². The summed E-state index contributed by atoms with van der Waals surface area (Å²) in [6.45, 7) is 5.31. The Labute approximate surface area is 180 Å². The van der Waals surface area contributed by atoms with E-state index >= 15 is 0 Å². The van der Waals surface area contributed by atoms with E-state index in [1.165, 1.54) is 53.9 Å². The number of aliphatic imine (C=N–C) groups is 1. The highest BCUT2D eigenvalue weighted by Gasteiger charge is 2.43. The van der Waals surface area contributed by atoms with Gasteiger partial charge in [-0.15, -0.1) is 0 Å². The first kappa shape index (κ1) is 19.3. The summed E-state index contributed by atoms with van der Waals surface area (Å²) in [4.78, 5) is 7.99. The molecule has 0 saturated carbocycles. The van der Waals surface area contributed by atoms with Gasteiger partial charge >= 0.3 is 0 Å². The highest BCUT2D eigenvalue weighted by Crippen LogP contribution is 2.40. The van der Waals surface area contributed by atoms with Crippen molar-refractivity contribution in [3.05, 3.63) is 107 Å². The number of piperidine rings is 3. The molecule has 3 aliphatic rings. The predicted molar refractivity (Wildman–Crippen MR) is 125 cm³/mol. The maximum atomic E-state index is 5.29. The first-order chi connectivity index (χ1) is 14.8. The Morgan fingerprint density at radius 1 is 0.800 bits per heavy atom. The largest absolute Gasteiger partial charge is 0.294 e. The molecule has 6 rings (SSSR count). The van der Waals surface area contributed by atoms with Crippen LogP contribution in [0.4, 0.5) is 0 Å². The Bertz CT molecular complexity index is 944. The van der Waals surface area contributed by atoms with Crippen LogP contribution in [0.5, 0.6) is 0 Å². The quantitative estimate of drug-likeness (QED) is 0.529. The van der Waals surface area contributed by atoms with E-state index in [2.05, 4.69) is 96.8 Å². The number of aryl methyl sites for hydroxylation is 1. The normalized spacial score (nSPS) is 24.5. The van der Waals surface area contributed by atoms with Gasteiger partial charge in [-0.05, 0) is 49.5 Å². The molecule has 3 heterocycles. The van der Waals surface area contributed by atoms with Crippen LogP contribution < -0.4 is 0 Å². The molecule has 3 aromatic rings. The van der Waals surface area contributed by atoms with E-state index in [9.17, 15) is 0 Å². The molecule has 3 fully saturated rings. The molecule has 2 bridgehead atoms. The minimum atomic E-state index is 0.326. The summed E-state index contributed by atoms with van der Waals surface area (Å²) in [5.74, 6) is 0.952. The molecule has 1 atom stereocenters. The van der Waals surface area contributed by atoms with Crippen molar-refractivity contribution in [1.29, 1.82) is 0 Å². The third kappa shape index (κ3) is 3.85. The molecule has 3 saturated heterocycles. The average Bonchev–Trinajstić information content (AvgIpc) is 2.82. The molecule has 3 aromatic carbocycles. The second-order valence-electron chi connectivity index (χ2n) is 8.78. The third-order valence-electron chi connectivity index (χ3n) is 6.84. The standard InChI is InChI=1S/C28H30N2/c1-21-12-14-22(15-13-21)20-29-27-25-16-18-30(19-17-25)28(27)26(23-8-4-2-5-9-23)24-10-6-3-7-11-24/h2-15,25-26,28H,16-20H2,1H3/b29-27+. The van der Waals surface area contributed by atoms with Crippen LogP contribution in [0.1, 0.15) is 41.0 Å². The molecular formula is C28H30N2. The van der Waals surface area contributed by atoms with Crippen molar-refractivity contribution in [2.24, 2.45) is 10.9 Å². The molecular weight excluding hydrogens is 364 g/mol. The van der Waals surface area contributed by atoms with Crippen molar-refractivity contribution in [3.63, 3.8) is 0 Å². The van der Waals surface area contributed by atoms with Gasteiger partial charge in [0.2, 0.25) is 0 Å². The molecule has 30 heavy (non-hydrogen) atoms. The molecule has 0 aromatic heterocycles. The lowest BCUT2D eigenvalue weighted by molar-refractivity contribution is 0.135. The zero-order valence-corrected chi connectivity index (χ0v) is 17.7. The third-order valence-corrected chi connectivity index (χ3v) is 6.84. The Kier molecular flexibility index (Phi) is 5.50. The number of nitrogens with zero attached hydrogens (tertiary/aromatic N) is 2. The van der Waals surface area contributed by atoms with E-state index < -0.39 is 0 Å². The minimum absolute atomic E-state index is 0.326. The van der Waals surface area contributed by atoms with Crippen LogP contribution in [0.2, 0.25) is 0 Å². The summed E-state index contributed by atoms with van der Waals surface area (Å²) < 4.78 is 0. The van der Waals surface area contributed by atoms with Crippen molar-refractivity contribution in [2.75, 3.05) is 13.1 Å². The van der Waals surface area contributed by atoms with Crippen LogP contribution in [0.15, 0.2) is 89.9 Å². The molecule has 152 valence electrons. The molecule has 0 N–H and O–H groups in total. The van der Waals surface area contributed by atoms with Gasteiger partial charge in [0.05, 0.1) is 12.6 Å². The lowest BCUT2D eigenvalue weighted by Gasteiger charge is -2.49. The second kappa shape index (κ2) is 8.57. The van der Waals surface area contributed by atoms with Gasteiger partial charge in [0, 0.05) is 17.5 Å². The minimum Gasteiger partial charge on any atom is -0.294 e. The van der Waals surface area contributed by atoms with Gasteiger partial charge in [0.1, 0.15) is 0 Å². The van der Waals surface area contributed by atoms with Crippen molar-refractivity contribution in [2.45, 2.75) is 38.3 Å². The van der Waals surface area contributed by atoms with Gasteiger partial charge in [-0.3, -0.25) is 9.89 Å². The van der Waals surface area contributed by atoms with Crippen LogP contribution in [0.25, 0.3) is 0 Å². The Hall–Kier alpha value is -2.71. The highest BCUT2D eigenvalue weighted by atomic mass is 15.2. The van der Waals surface area contributed by atoms with Crippen LogP contribution in [-0.2, 0) is 6.54 Å².